The maximum atomic E-state index is 13.4. The third kappa shape index (κ3) is 3.20. The molecule has 11 nitrogen and oxygen atoms in total. The van der Waals surface area contributed by atoms with E-state index in [9.17, 15) is 34.5 Å². The SMILES string of the molecule is CC[C@@H](OC(C)=O)C(=O)O[C@H]1C(=O)O[C@@H]2C[C@H]3C(C)=CC(=O)[C@@H](O)[C@]3(C)[C@H]3[C@@H](O)[C@H](O)[C@@]4(C)OC[C@]32[C@@H]14. The van der Waals surface area contributed by atoms with Crippen LogP contribution in [0.15, 0.2) is 11.6 Å². The lowest BCUT2D eigenvalue weighted by Crippen LogP contribution is -2.78. The van der Waals surface area contributed by atoms with Gasteiger partial charge in [-0.15, -0.1) is 0 Å². The van der Waals surface area contributed by atoms with Crippen molar-refractivity contribution in [2.75, 3.05) is 6.61 Å². The molecular formula is C26H34O11. The Bertz CT molecular complexity index is 1080. The Morgan fingerprint density at radius 1 is 1.19 bits per heavy atom. The number of ketones is 1. The summed E-state index contributed by atoms with van der Waals surface area (Å²) in [6.07, 6.45) is -6.24. The number of carbonyl (C=O) groups is 4. The minimum atomic E-state index is -1.53. The minimum Gasteiger partial charge on any atom is -0.459 e. The molecule has 2 saturated carbocycles. The molecule has 37 heavy (non-hydrogen) atoms. The summed E-state index contributed by atoms with van der Waals surface area (Å²) in [4.78, 5) is 50.7. The highest BCUT2D eigenvalue weighted by Crippen LogP contribution is 2.72. The van der Waals surface area contributed by atoms with Crippen molar-refractivity contribution in [2.24, 2.45) is 28.6 Å². The number of fused-ring (bicyclic) bond motifs is 2. The Morgan fingerprint density at radius 2 is 1.86 bits per heavy atom. The molecule has 0 aromatic heterocycles. The summed E-state index contributed by atoms with van der Waals surface area (Å²) in [7, 11) is 0. The largest absolute Gasteiger partial charge is 0.459 e. The molecule has 0 aromatic carbocycles. The van der Waals surface area contributed by atoms with E-state index < -0.39 is 94.5 Å². The second-order valence-electron chi connectivity index (χ2n) is 11.6. The summed E-state index contributed by atoms with van der Waals surface area (Å²) >= 11 is 0. The van der Waals surface area contributed by atoms with E-state index in [4.69, 9.17) is 18.9 Å². The average Bonchev–Trinajstić information content (AvgIpc) is 3.10. The van der Waals surface area contributed by atoms with Gasteiger partial charge in [0.15, 0.2) is 11.9 Å². The molecule has 11 heteroatoms. The molecule has 0 amide bonds. The standard InChI is InChI=1S/C26H34O11/c1-6-14(35-11(3)27)22(32)37-17-19-25(5)21(31)16(29)18-24(4)12(10(2)7-13(28)20(24)30)8-15(36-23(17)33)26(18,19)9-34-25/h7,12,14-21,29-31H,6,8-9H2,1-5H3/t12-,14+,15+,16+,17+,18+,19-,20+,21-,24-,25-,26+/m0/s1. The molecule has 2 bridgehead atoms. The van der Waals surface area contributed by atoms with E-state index in [1.807, 2.05) is 0 Å². The van der Waals surface area contributed by atoms with Gasteiger partial charge in [0, 0.05) is 23.7 Å². The van der Waals surface area contributed by atoms with Crippen molar-refractivity contribution < 1.29 is 53.4 Å². The summed E-state index contributed by atoms with van der Waals surface area (Å²) < 4.78 is 22.7. The number of rotatable bonds is 4. The maximum absolute atomic E-state index is 13.4. The van der Waals surface area contributed by atoms with Crippen LogP contribution in [0.25, 0.3) is 0 Å². The zero-order valence-electron chi connectivity index (χ0n) is 21.5. The predicted octanol–water partition coefficient (Wildman–Crippen LogP) is -0.175. The lowest BCUT2D eigenvalue weighted by atomic mass is 9.38. The van der Waals surface area contributed by atoms with Crippen LogP contribution in [0.3, 0.4) is 0 Å². The number of allylic oxidation sites excluding steroid dienone is 1. The van der Waals surface area contributed by atoms with Gasteiger partial charge in [0.2, 0.25) is 6.10 Å². The van der Waals surface area contributed by atoms with Gasteiger partial charge in [-0.25, -0.2) is 9.59 Å². The van der Waals surface area contributed by atoms with E-state index in [2.05, 4.69) is 0 Å². The highest BCUT2D eigenvalue weighted by atomic mass is 16.6. The number of hydrogen-bond acceptors (Lipinski definition) is 11. The smallest absolute Gasteiger partial charge is 0.348 e. The number of ether oxygens (including phenoxy) is 4. The van der Waals surface area contributed by atoms with Crippen LogP contribution in [-0.2, 0) is 38.1 Å². The van der Waals surface area contributed by atoms with Gasteiger partial charge in [-0.05, 0) is 38.7 Å². The van der Waals surface area contributed by atoms with Crippen LogP contribution in [-0.4, -0.2) is 87.8 Å². The van der Waals surface area contributed by atoms with E-state index in [1.165, 1.54) is 6.08 Å². The maximum Gasteiger partial charge on any atom is 0.348 e. The Morgan fingerprint density at radius 3 is 2.49 bits per heavy atom. The Hall–Kier alpha value is -2.34. The first-order chi connectivity index (χ1) is 17.2. The average molecular weight is 523 g/mol. The molecule has 204 valence electrons. The van der Waals surface area contributed by atoms with E-state index in [0.29, 0.717) is 5.57 Å². The van der Waals surface area contributed by atoms with Crippen molar-refractivity contribution in [3.05, 3.63) is 11.6 Å². The van der Waals surface area contributed by atoms with Crippen molar-refractivity contribution in [1.82, 2.24) is 0 Å². The van der Waals surface area contributed by atoms with Gasteiger partial charge >= 0.3 is 17.9 Å². The highest BCUT2D eigenvalue weighted by Gasteiger charge is 2.82. The Balaban J connectivity index is 1.63. The van der Waals surface area contributed by atoms with E-state index in [1.54, 1.807) is 27.7 Å². The fourth-order valence-electron chi connectivity index (χ4n) is 8.38. The molecule has 4 fully saturated rings. The summed E-state index contributed by atoms with van der Waals surface area (Å²) in [6, 6.07) is 0. The second kappa shape index (κ2) is 8.33. The molecule has 0 radical (unpaired) electrons. The van der Waals surface area contributed by atoms with E-state index in [0.717, 1.165) is 6.92 Å². The second-order valence-corrected chi connectivity index (χ2v) is 11.6. The van der Waals surface area contributed by atoms with Crippen molar-refractivity contribution in [1.29, 1.82) is 0 Å². The molecule has 0 aromatic rings. The molecule has 5 aliphatic rings. The van der Waals surface area contributed by atoms with Crippen LogP contribution in [0.1, 0.15) is 47.5 Å². The fourth-order valence-corrected chi connectivity index (χ4v) is 8.38. The summed E-state index contributed by atoms with van der Waals surface area (Å²) in [6.45, 7) is 7.75. The Labute approximate surface area is 214 Å². The van der Waals surface area contributed by atoms with Crippen LogP contribution >= 0.6 is 0 Å². The monoisotopic (exact) mass is 522 g/mol. The topological polar surface area (TPSA) is 166 Å². The number of esters is 3. The third-order valence-electron chi connectivity index (χ3n) is 9.89. The van der Waals surface area contributed by atoms with Crippen LogP contribution in [0.5, 0.6) is 0 Å². The molecule has 12 atom stereocenters. The van der Waals surface area contributed by atoms with Gasteiger partial charge in [-0.1, -0.05) is 19.4 Å². The zero-order valence-corrected chi connectivity index (χ0v) is 21.5. The fraction of sp³-hybridized carbons (Fsp3) is 0.769. The third-order valence-corrected chi connectivity index (χ3v) is 9.89. The van der Waals surface area contributed by atoms with Crippen LogP contribution < -0.4 is 0 Å². The van der Waals surface area contributed by atoms with Crippen molar-refractivity contribution in [2.45, 2.75) is 89.7 Å². The van der Waals surface area contributed by atoms with Crippen LogP contribution in [0.2, 0.25) is 0 Å². The molecule has 2 aliphatic heterocycles. The van der Waals surface area contributed by atoms with Gasteiger partial charge in [0.1, 0.15) is 23.9 Å². The van der Waals surface area contributed by atoms with Gasteiger partial charge < -0.3 is 34.3 Å². The summed E-state index contributed by atoms with van der Waals surface area (Å²) in [5, 5.41) is 34.2. The number of carbonyl (C=O) groups excluding carboxylic acids is 4. The van der Waals surface area contributed by atoms with E-state index in [-0.39, 0.29) is 19.4 Å². The normalized spacial score (nSPS) is 48.7. The van der Waals surface area contributed by atoms with Gasteiger partial charge in [0.05, 0.1) is 18.6 Å². The number of aliphatic hydroxyl groups is 3. The van der Waals surface area contributed by atoms with Crippen molar-refractivity contribution in [3.63, 3.8) is 0 Å². The minimum absolute atomic E-state index is 0.0495. The van der Waals surface area contributed by atoms with Crippen molar-refractivity contribution >= 4 is 23.7 Å². The molecule has 3 N–H and O–H groups in total. The molecule has 3 aliphatic carbocycles. The first-order valence-electron chi connectivity index (χ1n) is 12.7. The van der Waals surface area contributed by atoms with Crippen LogP contribution in [0, 0.1) is 28.6 Å². The molecule has 2 heterocycles. The molecule has 0 unspecified atom stereocenters. The zero-order chi connectivity index (χ0) is 27.2. The lowest BCUT2D eigenvalue weighted by molar-refractivity contribution is -0.298. The predicted molar refractivity (Wildman–Crippen MR) is 122 cm³/mol. The lowest BCUT2D eigenvalue weighted by Gasteiger charge is -2.68. The Kier molecular flexibility index (Phi) is 5.91. The number of aliphatic hydroxyl groups excluding tert-OH is 3. The summed E-state index contributed by atoms with van der Waals surface area (Å²) in [5.74, 6) is -5.28. The quantitative estimate of drug-likeness (QED) is 0.331. The molecular weight excluding hydrogens is 488 g/mol. The molecule has 1 spiro atoms. The van der Waals surface area contributed by atoms with Crippen LogP contribution in [0.4, 0.5) is 0 Å². The first-order valence-corrected chi connectivity index (χ1v) is 12.7. The highest BCUT2D eigenvalue weighted by molar-refractivity contribution is 5.96. The first kappa shape index (κ1) is 26.3. The van der Waals surface area contributed by atoms with E-state index >= 15 is 0 Å². The van der Waals surface area contributed by atoms with Gasteiger partial charge in [-0.2, -0.15) is 0 Å². The van der Waals surface area contributed by atoms with Gasteiger partial charge in [0.25, 0.3) is 0 Å². The molecule has 2 saturated heterocycles. The summed E-state index contributed by atoms with van der Waals surface area (Å²) in [5.41, 5.74) is -3.20. The molecule has 5 rings (SSSR count). The number of hydrogen-bond donors (Lipinski definition) is 3. The van der Waals surface area contributed by atoms with Crippen molar-refractivity contribution in [3.8, 4) is 0 Å². The van der Waals surface area contributed by atoms with Gasteiger partial charge in [-0.3, -0.25) is 9.59 Å².